The third kappa shape index (κ3) is 22.2. The van der Waals surface area contributed by atoms with E-state index < -0.39 is 29.3 Å². The number of hydrogen-bond donors (Lipinski definition) is 2. The third-order valence-corrected chi connectivity index (χ3v) is 18.6. The van der Waals surface area contributed by atoms with Crippen molar-refractivity contribution in [2.75, 3.05) is 33.8 Å². The number of para-hydroxylation sites is 2. The molecular weight excluding hydrogens is 1360 g/mol. The van der Waals surface area contributed by atoms with Crippen molar-refractivity contribution in [2.24, 2.45) is 5.41 Å². The number of carbonyl (C=O) groups is 4. The number of aliphatic carboxylic acids is 2. The van der Waals surface area contributed by atoms with Crippen molar-refractivity contribution in [3.8, 4) is 22.3 Å². The number of anilines is 12. The normalized spacial score (nSPS) is 11.1. The summed E-state index contributed by atoms with van der Waals surface area (Å²) in [5.41, 5.74) is 23.3. The van der Waals surface area contributed by atoms with Gasteiger partial charge in [-0.2, -0.15) is 0 Å². The Morgan fingerprint density at radius 2 is 0.664 bits per heavy atom. The Morgan fingerprint density at radius 1 is 0.391 bits per heavy atom. The van der Waals surface area contributed by atoms with Gasteiger partial charge in [0.25, 0.3) is 0 Å². The number of ether oxygens (including phenoxy) is 2. The Bertz CT molecular complexity index is 4950. The van der Waals surface area contributed by atoms with Crippen LogP contribution in [0.25, 0.3) is 28.3 Å². The zero-order chi connectivity index (χ0) is 75.3. The van der Waals surface area contributed by atoms with Crippen molar-refractivity contribution < 1.29 is 38.9 Å². The number of benzene rings is 12. The van der Waals surface area contributed by atoms with Gasteiger partial charge in [-0.05, 0) is 255 Å². The van der Waals surface area contributed by atoms with E-state index in [-0.39, 0.29) is 54.0 Å². The molecule has 12 rings (SSSR count). The molecule has 0 aromatic heterocycles. The van der Waals surface area contributed by atoms with E-state index in [1.807, 2.05) is 12.1 Å². The van der Waals surface area contributed by atoms with Crippen molar-refractivity contribution in [1.29, 1.82) is 0 Å². The molecule has 2 N–H and O–H groups in total. The Kier molecular flexibility index (Phi) is 31.9. The lowest BCUT2D eigenvalue weighted by molar-refractivity contribution is -0.156. The van der Waals surface area contributed by atoms with Crippen molar-refractivity contribution in [3.05, 3.63) is 355 Å². The molecule has 2 unspecified atom stereocenters. The lowest BCUT2D eigenvalue weighted by atomic mass is 9.75. The second-order valence-electron chi connectivity index (χ2n) is 26.5. The van der Waals surface area contributed by atoms with Crippen LogP contribution in [0.4, 0.5) is 68.2 Å². The number of carboxylic acid groups (broad SMARTS) is 2. The summed E-state index contributed by atoms with van der Waals surface area (Å²) < 4.78 is 9.03. The van der Waals surface area contributed by atoms with Crippen LogP contribution in [-0.2, 0) is 28.7 Å². The molecule has 110 heavy (non-hydrogen) atoms. The van der Waals surface area contributed by atoms with Gasteiger partial charge in [-0.15, -0.1) is 0 Å². The highest BCUT2D eigenvalue weighted by atomic mass is 16.5. The minimum absolute atomic E-state index is 0. The average molecular weight is 1470 g/mol. The van der Waals surface area contributed by atoms with Crippen LogP contribution in [0.15, 0.2) is 322 Å². The number of rotatable bonds is 25. The van der Waals surface area contributed by atoms with Gasteiger partial charge in [0, 0.05) is 73.8 Å². The Hall–Kier alpha value is -12.8. The molecule has 0 amide bonds. The molecule has 0 heterocycles. The van der Waals surface area contributed by atoms with Crippen molar-refractivity contribution in [2.45, 2.75) is 103 Å². The summed E-state index contributed by atoms with van der Waals surface area (Å²) in [5.74, 6) is -3.32. The highest BCUT2D eigenvalue weighted by Crippen LogP contribution is 2.43. The Morgan fingerprint density at radius 3 is 0.918 bits per heavy atom. The number of aryl methyl sites for hydroxylation is 4. The van der Waals surface area contributed by atoms with E-state index in [1.54, 1.807) is 6.92 Å². The van der Waals surface area contributed by atoms with Gasteiger partial charge in [0.15, 0.2) is 0 Å². The van der Waals surface area contributed by atoms with Crippen LogP contribution in [0.2, 0.25) is 0 Å². The van der Waals surface area contributed by atoms with Crippen LogP contribution in [0.3, 0.4) is 0 Å². The summed E-state index contributed by atoms with van der Waals surface area (Å²) in [4.78, 5) is 53.9. The fourth-order valence-electron chi connectivity index (χ4n) is 12.9. The summed E-state index contributed by atoms with van der Waals surface area (Å²) in [6, 6.07) is 107. The molecule has 2 atom stereocenters. The summed E-state index contributed by atoms with van der Waals surface area (Å²) in [6.07, 6.45) is 2.51. The van der Waals surface area contributed by atoms with Gasteiger partial charge in [-0.25, -0.2) is 4.79 Å². The summed E-state index contributed by atoms with van der Waals surface area (Å²) in [6.45, 7) is 19.2. The predicted molar refractivity (Wildman–Crippen MR) is 462 cm³/mol. The molecule has 12 aromatic carbocycles. The van der Waals surface area contributed by atoms with E-state index >= 15 is 0 Å². The fraction of sp³-hybridized carbons (Fsp3) is 0.184. The SMILES string of the molecule is C.C.C.C.C=C(CC(=O)OC)C(=O)O.C=Cc1ccc(N(c2ccc(-c3ccc(N(c4ccccc4)c4cccc(C)c4)cc3)cc2)c2cccc(C)c2)cc1.CCC(CC(C)(CC(=O)OC)C(=O)O)c1ccc(N(c2ccc(-c3ccc(N(c4ccccc4)c4cccc(C)c4)cc3)cc2)c2cccc(C)c2)cc1. The molecule has 12 heteroatoms. The number of esters is 2. The molecular formula is C98H106N4O8. The fourth-order valence-corrected chi connectivity index (χ4v) is 12.9. The third-order valence-electron chi connectivity index (χ3n) is 18.6. The second kappa shape index (κ2) is 40.8. The van der Waals surface area contributed by atoms with Gasteiger partial charge in [-0.3, -0.25) is 14.4 Å². The molecule has 0 bridgehead atoms. The average Bonchev–Trinajstić information content (AvgIpc) is 0.811. The smallest absolute Gasteiger partial charge is 0.331 e. The lowest BCUT2D eigenvalue weighted by Crippen LogP contribution is -2.32. The molecule has 0 spiro atoms. The zero-order valence-corrected chi connectivity index (χ0v) is 61.4. The van der Waals surface area contributed by atoms with E-state index in [0.29, 0.717) is 6.42 Å². The Labute approximate surface area is 653 Å². The van der Waals surface area contributed by atoms with Gasteiger partial charge in [0.2, 0.25) is 0 Å². The number of methoxy groups -OCH3 is 2. The minimum atomic E-state index is -1.23. The van der Waals surface area contributed by atoms with E-state index in [4.69, 9.17) is 9.84 Å². The largest absolute Gasteiger partial charge is 0.481 e. The molecule has 0 fully saturated rings. The van der Waals surface area contributed by atoms with Crippen LogP contribution in [0.1, 0.15) is 109 Å². The zero-order valence-electron chi connectivity index (χ0n) is 61.4. The number of nitrogens with zero attached hydrogens (tertiary/aromatic N) is 4. The van der Waals surface area contributed by atoms with Gasteiger partial charge in [-0.1, -0.05) is 214 Å². The van der Waals surface area contributed by atoms with Gasteiger partial charge < -0.3 is 39.3 Å². The Balaban J connectivity index is 0.000000301. The van der Waals surface area contributed by atoms with Crippen LogP contribution in [0, 0.1) is 33.1 Å². The number of carboxylic acids is 2. The summed E-state index contributed by atoms with van der Waals surface area (Å²) in [7, 11) is 2.48. The van der Waals surface area contributed by atoms with Gasteiger partial charge in [0.1, 0.15) is 0 Å². The maximum Gasteiger partial charge on any atom is 0.331 e. The topological polar surface area (TPSA) is 140 Å². The van der Waals surface area contributed by atoms with E-state index in [1.165, 1.54) is 42.0 Å². The van der Waals surface area contributed by atoms with Gasteiger partial charge >= 0.3 is 23.9 Å². The van der Waals surface area contributed by atoms with Gasteiger partial charge in [0.05, 0.1) is 32.5 Å². The maximum atomic E-state index is 12.3. The molecule has 566 valence electrons. The number of carbonyl (C=O) groups excluding carboxylic acids is 2. The van der Waals surface area contributed by atoms with Crippen LogP contribution < -0.4 is 19.6 Å². The highest BCUT2D eigenvalue weighted by Gasteiger charge is 2.38. The predicted octanol–water partition coefficient (Wildman–Crippen LogP) is 26.7. The first-order valence-electron chi connectivity index (χ1n) is 35.3. The molecule has 0 saturated heterocycles. The second-order valence-corrected chi connectivity index (χ2v) is 26.5. The van der Waals surface area contributed by atoms with E-state index in [9.17, 15) is 24.3 Å². The van der Waals surface area contributed by atoms with Crippen LogP contribution >= 0.6 is 0 Å². The van der Waals surface area contributed by atoms with Crippen molar-refractivity contribution >= 4 is 98.2 Å². The quantitative estimate of drug-likeness (QED) is 0.0416. The van der Waals surface area contributed by atoms with Crippen molar-refractivity contribution in [1.82, 2.24) is 0 Å². The maximum absolute atomic E-state index is 12.3. The minimum Gasteiger partial charge on any atom is -0.481 e. The van der Waals surface area contributed by atoms with Crippen LogP contribution in [-0.4, -0.2) is 48.3 Å². The van der Waals surface area contributed by atoms with E-state index in [0.717, 1.165) is 102 Å². The molecule has 0 saturated carbocycles. The monoisotopic (exact) mass is 1470 g/mol. The number of hydrogen-bond acceptors (Lipinski definition) is 10. The standard InChI is InChI=1S/C48H48N2O4.C40H34N2.C6H8O4.4CH4/c1-6-36(32-48(4,47(52)53)33-46(51)54-5)37-18-24-42(25-19-37)50(45-17-11-13-35(3)31-45)43-28-22-39(23-29-43)38-20-26-41(27-21-38)49(40-14-8-7-9-15-40)44-16-10-12-34(2)30-44;1-4-32-16-22-36(23-17-32)42(40-15-9-11-31(3)29-40)38-26-20-34(21-27-38)33-18-24-37(25-19-33)41(35-12-6-5-7-13-35)39-14-8-10-30(2)28-39;1-4(6(8)9)3-5(7)10-2;;;;/h7-31,36H,6,32-33H2,1-5H3,(H,52,53);4-29H,1H2,2-3H3;1,3H2,2H3,(H,8,9);4*1H4. The first-order valence-corrected chi connectivity index (χ1v) is 35.3. The highest BCUT2D eigenvalue weighted by molar-refractivity contribution is 5.92. The molecule has 0 radical (unpaired) electrons. The first-order chi connectivity index (χ1) is 51.2. The van der Waals surface area contributed by atoms with E-state index in [2.05, 4.69) is 369 Å². The molecule has 0 aliphatic rings. The lowest BCUT2D eigenvalue weighted by Gasteiger charge is -2.29. The summed E-state index contributed by atoms with van der Waals surface area (Å²) >= 11 is 0. The van der Waals surface area contributed by atoms with Crippen LogP contribution in [0.5, 0.6) is 0 Å². The molecule has 0 aliphatic heterocycles. The molecule has 0 aliphatic carbocycles. The summed E-state index contributed by atoms with van der Waals surface area (Å²) in [5, 5.41) is 18.3. The molecule has 12 aromatic rings. The first kappa shape index (κ1) is 86.1. The molecule has 12 nitrogen and oxygen atoms in total. The van der Waals surface area contributed by atoms with Crippen molar-refractivity contribution in [3.63, 3.8) is 0 Å².